The molecule has 1 aliphatic carbocycles. The zero-order valence-corrected chi connectivity index (χ0v) is 14.6. The predicted octanol–water partition coefficient (Wildman–Crippen LogP) is 3.40. The average Bonchev–Trinajstić information content (AvgIpc) is 2.71. The summed E-state index contributed by atoms with van der Waals surface area (Å²) in [6, 6.07) is 9.65. The maximum absolute atomic E-state index is 3.37. The number of benzene rings is 1. The molecule has 1 aromatic rings. The van der Waals surface area contributed by atoms with Crippen LogP contribution >= 0.6 is 0 Å². The molecule has 0 aliphatic heterocycles. The van der Waals surface area contributed by atoms with Crippen LogP contribution in [-0.4, -0.2) is 0 Å². The minimum Gasteiger partial charge on any atom is -0.370 e. The van der Waals surface area contributed by atoms with Gasteiger partial charge in [0.05, 0.1) is 0 Å². The summed E-state index contributed by atoms with van der Waals surface area (Å²) in [5.41, 5.74) is 3.76. The Morgan fingerprint density at radius 1 is 1.27 bits per heavy atom. The summed E-state index contributed by atoms with van der Waals surface area (Å²) in [5, 5.41) is 0. The molecule has 2 heteroatoms. The fourth-order valence-corrected chi connectivity index (χ4v) is 1.49. The van der Waals surface area contributed by atoms with E-state index in [9.17, 15) is 0 Å². The van der Waals surface area contributed by atoms with Crippen LogP contribution in [0.5, 0.6) is 0 Å². The van der Waals surface area contributed by atoms with Gasteiger partial charge >= 0.3 is 0 Å². The van der Waals surface area contributed by atoms with E-state index in [-0.39, 0.29) is 65.4 Å². The summed E-state index contributed by atoms with van der Waals surface area (Å²) < 4.78 is 0. The Morgan fingerprint density at radius 2 is 2.07 bits per heavy atom. The molecular formula is C13H12Y2-2. The van der Waals surface area contributed by atoms with Gasteiger partial charge in [-0.3, -0.25) is 6.07 Å². The molecule has 0 aromatic heterocycles. The van der Waals surface area contributed by atoms with Gasteiger partial charge in [-0.15, -0.1) is 18.6 Å². The molecule has 0 spiro atoms. The molecule has 0 N–H and O–H groups in total. The summed E-state index contributed by atoms with van der Waals surface area (Å²) >= 11 is 0. The van der Waals surface area contributed by atoms with E-state index in [1.54, 1.807) is 0 Å². The molecule has 15 heavy (non-hydrogen) atoms. The molecule has 0 unspecified atom stereocenters. The molecule has 0 bridgehead atoms. The van der Waals surface area contributed by atoms with Crippen molar-refractivity contribution >= 4 is 5.57 Å². The summed E-state index contributed by atoms with van der Waals surface area (Å²) in [5.74, 6) is 0. The first kappa shape index (κ1) is 15.8. The molecule has 1 aliphatic rings. The second-order valence-corrected chi connectivity index (χ2v) is 3.13. The third-order valence-corrected chi connectivity index (χ3v) is 2.25. The van der Waals surface area contributed by atoms with Gasteiger partial charge in [0.15, 0.2) is 0 Å². The van der Waals surface area contributed by atoms with Crippen molar-refractivity contribution in [3.63, 3.8) is 0 Å². The van der Waals surface area contributed by atoms with Gasteiger partial charge in [0.25, 0.3) is 0 Å². The molecule has 0 atom stereocenters. The van der Waals surface area contributed by atoms with Crippen molar-refractivity contribution < 1.29 is 65.4 Å². The van der Waals surface area contributed by atoms with Gasteiger partial charge in [-0.05, 0) is 6.42 Å². The van der Waals surface area contributed by atoms with Crippen molar-refractivity contribution in [1.29, 1.82) is 0 Å². The minimum atomic E-state index is 0. The van der Waals surface area contributed by atoms with Gasteiger partial charge in [-0.25, -0.2) is 0 Å². The smallest absolute Gasteiger partial charge is 0 e. The predicted molar refractivity (Wildman–Crippen MR) is 56.1 cm³/mol. The van der Waals surface area contributed by atoms with E-state index in [1.807, 2.05) is 6.92 Å². The third-order valence-electron chi connectivity index (χ3n) is 2.25. The zero-order valence-electron chi connectivity index (χ0n) is 8.90. The molecule has 0 amide bonds. The van der Waals surface area contributed by atoms with E-state index in [0.717, 1.165) is 6.42 Å². The van der Waals surface area contributed by atoms with Crippen LogP contribution in [0.3, 0.4) is 0 Å². The van der Waals surface area contributed by atoms with E-state index in [4.69, 9.17) is 0 Å². The topological polar surface area (TPSA) is 0 Å². The van der Waals surface area contributed by atoms with Crippen molar-refractivity contribution in [2.45, 2.75) is 13.3 Å². The molecule has 2 rings (SSSR count). The van der Waals surface area contributed by atoms with E-state index < -0.39 is 0 Å². The van der Waals surface area contributed by atoms with Crippen LogP contribution in [0, 0.1) is 12.5 Å². The van der Waals surface area contributed by atoms with Crippen LogP contribution in [0.4, 0.5) is 0 Å². The van der Waals surface area contributed by atoms with Gasteiger partial charge in [0.1, 0.15) is 0 Å². The van der Waals surface area contributed by atoms with Crippen molar-refractivity contribution in [2.24, 2.45) is 0 Å². The van der Waals surface area contributed by atoms with E-state index in [0.29, 0.717) is 0 Å². The van der Waals surface area contributed by atoms with Crippen LogP contribution in [0.25, 0.3) is 5.57 Å². The van der Waals surface area contributed by atoms with Gasteiger partial charge in [-0.2, -0.15) is 6.07 Å². The fraction of sp³-hybridized carbons (Fsp3) is 0.154. The second-order valence-electron chi connectivity index (χ2n) is 3.13. The Balaban J connectivity index is 0.000000980. The van der Waals surface area contributed by atoms with Crippen LogP contribution in [-0.2, 0) is 65.4 Å². The van der Waals surface area contributed by atoms with Crippen molar-refractivity contribution in [3.8, 4) is 0 Å². The summed E-state index contributed by atoms with van der Waals surface area (Å²) in [4.78, 5) is 0. The van der Waals surface area contributed by atoms with Gasteiger partial charge in [-0.1, -0.05) is 23.8 Å². The molecule has 72 valence electrons. The normalized spacial score (nSPS) is 12.5. The Kier molecular flexibility index (Phi) is 8.37. The van der Waals surface area contributed by atoms with Gasteiger partial charge in [0, 0.05) is 65.4 Å². The van der Waals surface area contributed by atoms with Crippen molar-refractivity contribution in [2.75, 3.05) is 0 Å². The van der Waals surface area contributed by atoms with Crippen LogP contribution < -0.4 is 0 Å². The second kappa shape index (κ2) is 7.96. The number of rotatable bonds is 2. The Labute approximate surface area is 142 Å². The molecule has 1 aromatic carbocycles. The average molecular weight is 346 g/mol. The van der Waals surface area contributed by atoms with E-state index >= 15 is 0 Å². The quantitative estimate of drug-likeness (QED) is 0.721. The monoisotopic (exact) mass is 346 g/mol. The molecule has 0 fully saturated rings. The largest absolute Gasteiger partial charge is 0.370 e. The summed E-state index contributed by atoms with van der Waals surface area (Å²) in [6.07, 6.45) is 9.55. The Morgan fingerprint density at radius 3 is 2.67 bits per heavy atom. The van der Waals surface area contributed by atoms with Crippen LogP contribution in [0.2, 0.25) is 0 Å². The van der Waals surface area contributed by atoms with E-state index in [2.05, 4.69) is 48.9 Å². The number of hydrogen-bond donors (Lipinski definition) is 0. The van der Waals surface area contributed by atoms with Crippen LogP contribution in [0.1, 0.15) is 24.5 Å². The maximum Gasteiger partial charge on any atom is 0 e. The molecule has 2 radical (unpaired) electrons. The van der Waals surface area contributed by atoms with E-state index in [1.165, 1.54) is 16.7 Å². The molecule has 0 nitrogen and oxygen atoms in total. The Bertz CT molecular complexity index is 365. The van der Waals surface area contributed by atoms with Crippen molar-refractivity contribution in [3.05, 3.63) is 60.0 Å². The molecule has 0 saturated heterocycles. The first-order valence-corrected chi connectivity index (χ1v) is 4.58. The summed E-state index contributed by atoms with van der Waals surface area (Å²) in [7, 11) is 0. The first-order chi connectivity index (χ1) is 6.40. The standard InChI is InChI=1S/C13H12.2Y/c1-2-11-6-5-9-13(10-11)12-7-3-4-8-12;;/h2-7,9H,8H2,1H3;;/q-2;;. The molecule has 0 saturated carbocycles. The zero-order chi connectivity index (χ0) is 9.10. The van der Waals surface area contributed by atoms with Crippen molar-refractivity contribution in [1.82, 2.24) is 0 Å². The summed E-state index contributed by atoms with van der Waals surface area (Å²) in [6.45, 7) is 2.04. The van der Waals surface area contributed by atoms with Crippen LogP contribution in [0.15, 0.2) is 36.4 Å². The molecule has 0 heterocycles. The Hall–Kier alpha value is 0.778. The number of allylic oxidation sites excluding steroid dienone is 4. The maximum atomic E-state index is 3.37. The number of hydrogen-bond acceptors (Lipinski definition) is 0. The van der Waals surface area contributed by atoms with Gasteiger partial charge in [0.2, 0.25) is 0 Å². The minimum absolute atomic E-state index is 0. The molecular weight excluding hydrogens is 334 g/mol. The third kappa shape index (κ3) is 4.27. The van der Waals surface area contributed by atoms with Gasteiger partial charge < -0.3 is 18.1 Å². The fourth-order valence-electron chi connectivity index (χ4n) is 1.49. The first-order valence-electron chi connectivity index (χ1n) is 4.58. The SMILES string of the molecule is C[CH-]c1[c-]c(C2=CC=CC2)ccc1.[Y].[Y].